The van der Waals surface area contributed by atoms with Crippen LogP contribution >= 0.6 is 0 Å². The van der Waals surface area contributed by atoms with Crippen molar-refractivity contribution in [2.75, 3.05) is 11.6 Å². The highest BCUT2D eigenvalue weighted by Crippen LogP contribution is 2.18. The topological polar surface area (TPSA) is 101 Å². The Morgan fingerprint density at radius 1 is 1.04 bits per heavy atom. The number of amides is 3. The van der Waals surface area contributed by atoms with Crippen LogP contribution in [0, 0.1) is 0 Å². The van der Waals surface area contributed by atoms with E-state index in [0.29, 0.717) is 11.3 Å². The third kappa shape index (κ3) is 4.40. The van der Waals surface area contributed by atoms with E-state index in [4.69, 9.17) is 0 Å². The second-order valence-corrected chi connectivity index (χ2v) is 8.34. The van der Waals surface area contributed by atoms with Gasteiger partial charge in [-0.05, 0) is 35.9 Å². The minimum Gasteiger partial charge on any atom is -0.322 e. The van der Waals surface area contributed by atoms with Crippen molar-refractivity contribution < 1.29 is 22.8 Å². The highest BCUT2D eigenvalue weighted by Gasteiger charge is 2.28. The van der Waals surface area contributed by atoms with Gasteiger partial charge in [0.1, 0.15) is 0 Å². The molecule has 1 aliphatic heterocycles. The van der Waals surface area contributed by atoms with Crippen molar-refractivity contribution >= 4 is 33.2 Å². The molecule has 8 heteroatoms. The first kappa shape index (κ1) is 18.8. The molecule has 1 fully saturated rings. The van der Waals surface area contributed by atoms with E-state index < -0.39 is 9.84 Å². The summed E-state index contributed by atoms with van der Waals surface area (Å²) in [5.74, 6) is -0.763. The number of imide groups is 1. The number of nitrogens with one attached hydrogen (secondary N) is 1. The van der Waals surface area contributed by atoms with Gasteiger partial charge in [-0.3, -0.25) is 19.3 Å². The number of benzene rings is 2. The molecule has 3 amide bonds. The fourth-order valence-electron chi connectivity index (χ4n) is 2.75. The molecule has 0 aliphatic carbocycles. The molecular weight excluding hydrogens is 368 g/mol. The molecule has 0 radical (unpaired) electrons. The Balaban J connectivity index is 1.69. The average Bonchev–Trinajstić information content (AvgIpc) is 2.94. The molecule has 1 heterocycles. The third-order valence-corrected chi connectivity index (χ3v) is 5.34. The highest BCUT2D eigenvalue weighted by molar-refractivity contribution is 7.90. The van der Waals surface area contributed by atoms with E-state index in [0.717, 1.165) is 11.8 Å². The van der Waals surface area contributed by atoms with Crippen LogP contribution in [0.4, 0.5) is 5.69 Å². The highest BCUT2D eigenvalue weighted by atomic mass is 32.2. The zero-order chi connectivity index (χ0) is 19.6. The zero-order valence-electron chi connectivity index (χ0n) is 14.6. The van der Waals surface area contributed by atoms with Gasteiger partial charge in [0, 0.05) is 30.3 Å². The van der Waals surface area contributed by atoms with E-state index in [1.165, 1.54) is 17.0 Å². The van der Waals surface area contributed by atoms with Crippen LogP contribution in [0.2, 0.25) is 0 Å². The second-order valence-electron chi connectivity index (χ2n) is 6.32. The Morgan fingerprint density at radius 2 is 1.67 bits per heavy atom. The van der Waals surface area contributed by atoms with Gasteiger partial charge in [-0.25, -0.2) is 8.42 Å². The molecule has 0 aromatic heterocycles. The van der Waals surface area contributed by atoms with E-state index in [9.17, 15) is 22.8 Å². The van der Waals surface area contributed by atoms with Crippen molar-refractivity contribution in [3.05, 3.63) is 59.7 Å². The first-order chi connectivity index (χ1) is 12.7. The van der Waals surface area contributed by atoms with Crippen LogP contribution in [-0.2, 0) is 26.0 Å². The lowest BCUT2D eigenvalue weighted by Gasteiger charge is -2.14. The molecule has 1 aliphatic rings. The lowest BCUT2D eigenvalue weighted by Crippen LogP contribution is -2.28. The van der Waals surface area contributed by atoms with Crippen LogP contribution in [0.3, 0.4) is 0 Å². The summed E-state index contributed by atoms with van der Waals surface area (Å²) < 4.78 is 23.2. The monoisotopic (exact) mass is 386 g/mol. The maximum absolute atomic E-state index is 12.4. The van der Waals surface area contributed by atoms with Crippen LogP contribution in [0.25, 0.3) is 0 Å². The maximum atomic E-state index is 12.4. The lowest BCUT2D eigenvalue weighted by atomic mass is 10.1. The summed E-state index contributed by atoms with van der Waals surface area (Å²) in [6.07, 6.45) is 1.58. The van der Waals surface area contributed by atoms with E-state index >= 15 is 0 Å². The van der Waals surface area contributed by atoms with Crippen molar-refractivity contribution in [3.8, 4) is 0 Å². The molecular formula is C19H18N2O5S. The number of anilines is 1. The molecule has 0 saturated carbocycles. The first-order valence-corrected chi connectivity index (χ1v) is 10.2. The minimum atomic E-state index is -3.36. The number of sulfone groups is 1. The molecule has 0 unspecified atom stereocenters. The number of nitrogens with zero attached hydrogens (tertiary/aromatic N) is 1. The Labute approximate surface area is 156 Å². The summed E-state index contributed by atoms with van der Waals surface area (Å²) in [4.78, 5) is 37.0. The molecule has 7 nitrogen and oxygen atoms in total. The molecule has 2 aromatic rings. The largest absolute Gasteiger partial charge is 0.322 e. The summed E-state index contributed by atoms with van der Waals surface area (Å²) in [6, 6.07) is 12.6. The molecule has 140 valence electrons. The summed E-state index contributed by atoms with van der Waals surface area (Å²) in [5.41, 5.74) is 1.50. The fourth-order valence-corrected chi connectivity index (χ4v) is 3.42. The number of hydrogen-bond acceptors (Lipinski definition) is 5. The Kier molecular flexibility index (Phi) is 5.09. The summed E-state index contributed by atoms with van der Waals surface area (Å²) in [5, 5.41) is 2.66. The summed E-state index contributed by atoms with van der Waals surface area (Å²) in [6.45, 7) is 0.190. The van der Waals surface area contributed by atoms with Gasteiger partial charge in [-0.2, -0.15) is 0 Å². The van der Waals surface area contributed by atoms with Gasteiger partial charge in [-0.15, -0.1) is 0 Å². The minimum absolute atomic E-state index is 0.121. The molecule has 2 aromatic carbocycles. The number of likely N-dealkylation sites (tertiary alicyclic amines) is 1. The smallest absolute Gasteiger partial charge is 0.255 e. The van der Waals surface area contributed by atoms with Crippen molar-refractivity contribution in [1.82, 2.24) is 4.90 Å². The van der Waals surface area contributed by atoms with Gasteiger partial charge in [0.2, 0.25) is 11.8 Å². The van der Waals surface area contributed by atoms with Crippen molar-refractivity contribution in [2.24, 2.45) is 0 Å². The summed E-state index contributed by atoms with van der Waals surface area (Å²) in [7, 11) is -3.36. The zero-order valence-corrected chi connectivity index (χ0v) is 15.5. The molecule has 1 N–H and O–H groups in total. The Bertz CT molecular complexity index is 997. The quantitative estimate of drug-likeness (QED) is 0.792. The van der Waals surface area contributed by atoms with Crippen LogP contribution in [0.1, 0.15) is 28.8 Å². The number of rotatable bonds is 5. The van der Waals surface area contributed by atoms with Gasteiger partial charge in [0.25, 0.3) is 5.91 Å². The first-order valence-electron chi connectivity index (χ1n) is 8.27. The standard InChI is InChI=1S/C19H18N2O5S/c1-27(25,26)16-4-2-3-15(11-16)20-19(24)14-7-5-13(6-8-14)12-21-17(22)9-10-18(21)23/h2-8,11H,9-10,12H2,1H3,(H,20,24). The van der Waals surface area contributed by atoms with Gasteiger partial charge in [-0.1, -0.05) is 18.2 Å². The van der Waals surface area contributed by atoms with Gasteiger partial charge in [0.15, 0.2) is 9.84 Å². The molecule has 0 atom stereocenters. The summed E-state index contributed by atoms with van der Waals surface area (Å²) >= 11 is 0. The normalized spacial score (nSPS) is 14.5. The van der Waals surface area contributed by atoms with Crippen LogP contribution < -0.4 is 5.32 Å². The third-order valence-electron chi connectivity index (χ3n) is 4.23. The van der Waals surface area contributed by atoms with Gasteiger partial charge < -0.3 is 5.32 Å². The van der Waals surface area contributed by atoms with Crippen LogP contribution in [0.15, 0.2) is 53.4 Å². The van der Waals surface area contributed by atoms with Gasteiger partial charge in [0.05, 0.1) is 11.4 Å². The molecule has 0 bridgehead atoms. The van der Waals surface area contributed by atoms with E-state index in [-0.39, 0.29) is 42.0 Å². The second kappa shape index (κ2) is 7.32. The van der Waals surface area contributed by atoms with Crippen molar-refractivity contribution in [3.63, 3.8) is 0 Å². The lowest BCUT2D eigenvalue weighted by molar-refractivity contribution is -0.139. The van der Waals surface area contributed by atoms with Crippen molar-refractivity contribution in [2.45, 2.75) is 24.3 Å². The number of carbonyl (C=O) groups excluding carboxylic acids is 3. The SMILES string of the molecule is CS(=O)(=O)c1cccc(NC(=O)c2ccc(CN3C(=O)CCC3=O)cc2)c1. The predicted molar refractivity (Wildman–Crippen MR) is 98.7 cm³/mol. The number of carbonyl (C=O) groups is 3. The predicted octanol–water partition coefficient (Wildman–Crippen LogP) is 1.99. The molecule has 27 heavy (non-hydrogen) atoms. The molecule has 0 spiro atoms. The van der Waals surface area contributed by atoms with Gasteiger partial charge >= 0.3 is 0 Å². The van der Waals surface area contributed by atoms with E-state index in [2.05, 4.69) is 5.32 Å². The van der Waals surface area contributed by atoms with Crippen molar-refractivity contribution in [1.29, 1.82) is 0 Å². The Hall–Kier alpha value is -3.00. The Morgan fingerprint density at radius 3 is 2.26 bits per heavy atom. The maximum Gasteiger partial charge on any atom is 0.255 e. The van der Waals surface area contributed by atoms with E-state index in [1.54, 1.807) is 36.4 Å². The average molecular weight is 386 g/mol. The molecule has 1 saturated heterocycles. The van der Waals surface area contributed by atoms with E-state index in [1.807, 2.05) is 0 Å². The van der Waals surface area contributed by atoms with Crippen LogP contribution in [-0.4, -0.2) is 37.3 Å². The van der Waals surface area contributed by atoms with Crippen LogP contribution in [0.5, 0.6) is 0 Å². The number of hydrogen-bond donors (Lipinski definition) is 1. The molecule has 3 rings (SSSR count). The fraction of sp³-hybridized carbons (Fsp3) is 0.211.